The number of imidazole rings is 1. The second kappa shape index (κ2) is 10.8. The Bertz CT molecular complexity index is 1370. The number of carboxylic acids is 1. The van der Waals surface area contributed by atoms with E-state index in [2.05, 4.69) is 31.2 Å². The highest BCUT2D eigenvalue weighted by Gasteiger charge is 2.36. The van der Waals surface area contributed by atoms with E-state index >= 15 is 0 Å². The van der Waals surface area contributed by atoms with Gasteiger partial charge in [-0.05, 0) is 64.3 Å². The molecule has 1 unspecified atom stereocenters. The van der Waals surface area contributed by atoms with Gasteiger partial charge < -0.3 is 21.0 Å². The lowest BCUT2D eigenvalue weighted by Gasteiger charge is -2.36. The minimum absolute atomic E-state index is 0.144. The normalized spacial score (nSPS) is 15.7. The number of nitrogens with zero attached hydrogens (tertiary/aromatic N) is 4. The molecular formula is C26H29BrN6O5. The van der Waals surface area contributed by atoms with Gasteiger partial charge in [-0.1, -0.05) is 28.1 Å². The second-order valence-electron chi connectivity index (χ2n) is 9.92. The van der Waals surface area contributed by atoms with E-state index in [0.29, 0.717) is 29.9 Å². The molecule has 0 bridgehead atoms. The number of aromatic carboxylic acids is 1. The molecule has 4 rings (SSSR count). The van der Waals surface area contributed by atoms with E-state index in [1.54, 1.807) is 68.3 Å². The lowest BCUT2D eigenvalue weighted by atomic mass is 10.0. The largest absolute Gasteiger partial charge is 0.476 e. The number of carbonyl (C=O) groups excluding carboxylic acids is 2. The topological polar surface area (TPSA) is 153 Å². The van der Waals surface area contributed by atoms with Crippen molar-refractivity contribution >= 4 is 39.7 Å². The number of nitrogen functional groups attached to an aromatic ring is 1. The van der Waals surface area contributed by atoms with Crippen molar-refractivity contribution in [3.8, 4) is 11.3 Å². The Labute approximate surface area is 228 Å². The molecule has 2 aromatic heterocycles. The minimum atomic E-state index is -1.26. The van der Waals surface area contributed by atoms with Crippen LogP contribution in [0.25, 0.3) is 11.3 Å². The Morgan fingerprint density at radius 3 is 2.50 bits per heavy atom. The number of hydrogen-bond donors (Lipinski definition) is 3. The summed E-state index contributed by atoms with van der Waals surface area (Å²) < 4.78 is 7.38. The number of likely N-dealkylation sites (tertiary alicyclic amines) is 1. The molecule has 12 heteroatoms. The minimum Gasteiger partial charge on any atom is -0.476 e. The third-order valence-corrected chi connectivity index (χ3v) is 6.45. The Hall–Kier alpha value is -3.93. The summed E-state index contributed by atoms with van der Waals surface area (Å²) in [7, 11) is 0. The monoisotopic (exact) mass is 584 g/mol. The summed E-state index contributed by atoms with van der Waals surface area (Å²) in [6, 6.07) is 9.22. The molecule has 1 aliphatic rings. The number of hydrogen-bond acceptors (Lipinski definition) is 7. The van der Waals surface area contributed by atoms with E-state index in [0.717, 1.165) is 22.0 Å². The summed E-state index contributed by atoms with van der Waals surface area (Å²) in [5, 5.41) is 12.7. The van der Waals surface area contributed by atoms with Crippen molar-refractivity contribution in [3.05, 3.63) is 64.1 Å². The number of pyridine rings is 1. The number of aromatic nitrogens is 3. The lowest BCUT2D eigenvalue weighted by Crippen LogP contribution is -2.43. The van der Waals surface area contributed by atoms with Gasteiger partial charge in [-0.3, -0.25) is 9.69 Å². The number of carboxylic acid groups (broad SMARTS) is 1. The molecule has 2 amide bonds. The van der Waals surface area contributed by atoms with Crippen molar-refractivity contribution in [2.24, 2.45) is 0 Å². The molecule has 3 heterocycles. The van der Waals surface area contributed by atoms with Gasteiger partial charge in [-0.25, -0.2) is 24.2 Å². The Morgan fingerprint density at radius 1 is 1.16 bits per heavy atom. The fourth-order valence-corrected chi connectivity index (χ4v) is 4.61. The highest BCUT2D eigenvalue weighted by atomic mass is 79.9. The lowest BCUT2D eigenvalue weighted by molar-refractivity contribution is 0.00821. The zero-order valence-electron chi connectivity index (χ0n) is 21.3. The molecule has 0 aliphatic carbocycles. The average molecular weight is 585 g/mol. The molecule has 1 atom stereocenters. The van der Waals surface area contributed by atoms with Crippen molar-refractivity contribution in [1.82, 2.24) is 19.5 Å². The third kappa shape index (κ3) is 5.96. The van der Waals surface area contributed by atoms with Crippen LogP contribution in [0.5, 0.6) is 0 Å². The molecule has 200 valence electrons. The van der Waals surface area contributed by atoms with Crippen molar-refractivity contribution in [3.63, 3.8) is 0 Å². The smallest absolute Gasteiger partial charge is 0.410 e. The molecule has 1 aromatic carbocycles. The van der Waals surface area contributed by atoms with Crippen LogP contribution in [-0.2, 0) is 4.74 Å². The van der Waals surface area contributed by atoms with Crippen LogP contribution in [0.2, 0.25) is 0 Å². The molecule has 11 nitrogen and oxygen atoms in total. The number of anilines is 1. The first kappa shape index (κ1) is 27.1. The maximum atomic E-state index is 12.9. The van der Waals surface area contributed by atoms with Crippen LogP contribution in [0.3, 0.4) is 0 Å². The van der Waals surface area contributed by atoms with Gasteiger partial charge in [0.2, 0.25) is 0 Å². The summed E-state index contributed by atoms with van der Waals surface area (Å²) in [6.45, 7) is 5.80. The van der Waals surface area contributed by atoms with E-state index in [9.17, 15) is 19.5 Å². The molecule has 0 radical (unpaired) electrons. The number of carbonyl (C=O) groups is 3. The summed E-state index contributed by atoms with van der Waals surface area (Å²) in [5.41, 5.74) is 0.0544. The van der Waals surface area contributed by atoms with Gasteiger partial charge in [0.1, 0.15) is 17.1 Å². The highest BCUT2D eigenvalue weighted by Crippen LogP contribution is 2.34. The molecule has 1 saturated heterocycles. The van der Waals surface area contributed by atoms with Gasteiger partial charge in [-0.15, -0.1) is 0 Å². The number of benzene rings is 1. The van der Waals surface area contributed by atoms with Crippen LogP contribution in [0.4, 0.5) is 10.6 Å². The maximum absolute atomic E-state index is 12.9. The predicted molar refractivity (Wildman–Crippen MR) is 144 cm³/mol. The first-order chi connectivity index (χ1) is 17.9. The van der Waals surface area contributed by atoms with Crippen molar-refractivity contribution in [2.45, 2.75) is 51.7 Å². The van der Waals surface area contributed by atoms with E-state index in [4.69, 9.17) is 10.6 Å². The van der Waals surface area contributed by atoms with Crippen molar-refractivity contribution < 1.29 is 24.2 Å². The zero-order valence-corrected chi connectivity index (χ0v) is 22.9. The molecule has 1 aliphatic heterocycles. The standard InChI is InChI=1S/C26H29BrN6O5/c1-26(2,3)38-25(37)32-13-5-4-6-18(32)22-31-20(21(24(35)36)33(22)28)15-7-9-16(10-8-15)23(34)30-19-14-17(27)11-12-29-19/h7-12,14,18H,4-6,13,28H2,1-3H3,(H,35,36)(H,29,30,34). The Morgan fingerprint density at radius 2 is 1.87 bits per heavy atom. The molecule has 1 fully saturated rings. The van der Waals surface area contributed by atoms with Crippen LogP contribution in [0, 0.1) is 0 Å². The number of nitrogens with one attached hydrogen (secondary N) is 1. The van der Waals surface area contributed by atoms with Gasteiger partial charge in [0.25, 0.3) is 5.91 Å². The molecule has 38 heavy (non-hydrogen) atoms. The summed E-state index contributed by atoms with van der Waals surface area (Å²) in [6.07, 6.45) is 3.24. The number of piperidine rings is 1. The second-order valence-corrected chi connectivity index (χ2v) is 10.8. The number of ether oxygens (including phenoxy) is 1. The Kier molecular flexibility index (Phi) is 7.72. The molecular weight excluding hydrogens is 556 g/mol. The summed E-state index contributed by atoms with van der Waals surface area (Å²) in [4.78, 5) is 48.0. The van der Waals surface area contributed by atoms with Crippen LogP contribution in [0.15, 0.2) is 47.1 Å². The fraction of sp³-hybridized carbons (Fsp3) is 0.346. The van der Waals surface area contributed by atoms with E-state index in [1.807, 2.05) is 0 Å². The quantitative estimate of drug-likeness (QED) is 0.360. The first-order valence-corrected chi connectivity index (χ1v) is 12.9. The van der Waals surface area contributed by atoms with Gasteiger partial charge in [0.05, 0.1) is 6.04 Å². The van der Waals surface area contributed by atoms with Crippen molar-refractivity contribution in [2.75, 3.05) is 17.7 Å². The van der Waals surface area contributed by atoms with E-state index < -0.39 is 23.7 Å². The number of rotatable bonds is 5. The van der Waals surface area contributed by atoms with Gasteiger partial charge >= 0.3 is 12.1 Å². The summed E-state index contributed by atoms with van der Waals surface area (Å²) >= 11 is 3.34. The molecule has 0 saturated carbocycles. The Balaban J connectivity index is 1.64. The third-order valence-electron chi connectivity index (χ3n) is 5.95. The summed E-state index contributed by atoms with van der Waals surface area (Å²) in [5.74, 6) is 5.26. The van der Waals surface area contributed by atoms with Gasteiger partial charge in [0.15, 0.2) is 11.5 Å². The molecule has 0 spiro atoms. The first-order valence-electron chi connectivity index (χ1n) is 12.1. The van der Waals surface area contributed by atoms with Crippen LogP contribution < -0.4 is 11.2 Å². The fourth-order valence-electron chi connectivity index (χ4n) is 4.27. The SMILES string of the molecule is CC(C)(C)OC(=O)N1CCCCC1c1nc(-c2ccc(C(=O)Nc3cc(Br)ccn3)cc2)c(C(=O)O)n1N. The maximum Gasteiger partial charge on any atom is 0.410 e. The van der Waals surface area contributed by atoms with Crippen LogP contribution in [-0.4, -0.2) is 54.8 Å². The number of nitrogens with two attached hydrogens (primary N) is 1. The van der Waals surface area contributed by atoms with Gasteiger partial charge in [0, 0.05) is 28.3 Å². The van der Waals surface area contributed by atoms with E-state index in [-0.39, 0.29) is 23.1 Å². The number of halogens is 1. The van der Waals surface area contributed by atoms with Crippen LogP contribution >= 0.6 is 15.9 Å². The predicted octanol–water partition coefficient (Wildman–Crippen LogP) is 4.83. The zero-order chi connectivity index (χ0) is 27.6. The number of amides is 2. The average Bonchev–Trinajstić information content (AvgIpc) is 3.20. The van der Waals surface area contributed by atoms with Crippen LogP contribution in [0.1, 0.15) is 72.7 Å². The highest BCUT2D eigenvalue weighted by molar-refractivity contribution is 9.10. The molecule has 3 aromatic rings. The van der Waals surface area contributed by atoms with Gasteiger partial charge in [-0.2, -0.15) is 0 Å². The van der Waals surface area contributed by atoms with Crippen molar-refractivity contribution in [1.29, 1.82) is 0 Å². The van der Waals surface area contributed by atoms with E-state index in [1.165, 1.54) is 0 Å². The molecule has 4 N–H and O–H groups in total.